The van der Waals surface area contributed by atoms with Gasteiger partial charge in [-0.3, -0.25) is 4.79 Å². The molecule has 8 rings (SSSR count). The number of aliphatic hydroxyl groups excluding tert-OH is 14. The van der Waals surface area contributed by atoms with E-state index in [0.29, 0.717) is 32.1 Å². The van der Waals surface area contributed by atoms with Crippen LogP contribution in [0.3, 0.4) is 0 Å². The van der Waals surface area contributed by atoms with E-state index >= 15 is 4.79 Å². The van der Waals surface area contributed by atoms with Gasteiger partial charge in [-0.1, -0.05) is 53.2 Å². The third-order valence-corrected chi connectivity index (χ3v) is 20.5. The average Bonchev–Trinajstić information content (AvgIpc) is 2.95. The van der Waals surface area contributed by atoms with Crippen molar-refractivity contribution in [3.8, 4) is 0 Å². The minimum atomic E-state index is -1.78. The van der Waals surface area contributed by atoms with Crippen LogP contribution in [0.4, 0.5) is 0 Å². The lowest BCUT2D eigenvalue weighted by molar-refractivity contribution is -0.341. The summed E-state index contributed by atoms with van der Waals surface area (Å²) in [7, 11) is 0. The Morgan fingerprint density at radius 3 is 1.56 bits per heavy atom. The summed E-state index contributed by atoms with van der Waals surface area (Å²) in [5, 5.41) is 158. The number of fused-ring (bicyclic) bond motifs is 5. The Balaban J connectivity index is 0.910. The Hall–Kier alpha value is -1.51. The molecule has 0 spiro atoms. The Bertz CT molecular complexity index is 2070. The van der Waals surface area contributed by atoms with Gasteiger partial charge < -0.3 is 114 Å². The zero-order valence-corrected chi connectivity index (χ0v) is 46.0. The van der Waals surface area contributed by atoms with Crippen molar-refractivity contribution in [2.45, 2.75) is 247 Å². The fourth-order valence-electron chi connectivity index (χ4n) is 15.3. The molecule has 0 aromatic rings. The average molecular weight is 1120 g/mol. The van der Waals surface area contributed by atoms with Crippen molar-refractivity contribution < 1.29 is 119 Å². The third kappa shape index (κ3) is 11.0. The first-order valence-corrected chi connectivity index (χ1v) is 27.9. The van der Waals surface area contributed by atoms with Crippen LogP contribution in [-0.2, 0) is 42.7 Å². The monoisotopic (exact) mass is 1120 g/mol. The van der Waals surface area contributed by atoms with Crippen LogP contribution in [-0.4, -0.2) is 249 Å². The standard InChI is InChI=1S/C54H90O24/c1-22(9-13-33(51(4,5)70)78-49-45(69)41(65)37(61)29(76-49)21-72-47-43(67)39(63)35(59)27(19-56)74-47)23-15-16-52(6)30-12-10-24-25(54(30,8)31(57)17-53(23,52)7)11-14-32(50(24,2)3)77-48-44(68)40(64)36(60)28(75-48)20-71-46-42(66)38(62)34(58)26(18-55)73-46/h10,22-23,25-30,32-49,55-56,58-70H,9,11-21H2,1-8H3/t22-,23?,25?,26-,27-,28-,29-,30?,32+,33-,34-,35-,36-,37-,38+,39+,40+,41+,42-,43-,44-,45-,46-,47-,48+,49+,52+,53-,54?/m1/s1. The van der Waals surface area contributed by atoms with Crippen LogP contribution in [0.15, 0.2) is 11.6 Å². The zero-order valence-electron chi connectivity index (χ0n) is 46.0. The van der Waals surface area contributed by atoms with Crippen LogP contribution in [0, 0.1) is 45.3 Å². The molecule has 24 heteroatoms. The van der Waals surface area contributed by atoms with Gasteiger partial charge in [0.25, 0.3) is 0 Å². The van der Waals surface area contributed by atoms with Gasteiger partial charge in [0, 0.05) is 17.3 Å². The highest BCUT2D eigenvalue weighted by Gasteiger charge is 2.70. The molecule has 0 aromatic carbocycles. The van der Waals surface area contributed by atoms with Crippen LogP contribution in [0.1, 0.15) is 107 Å². The van der Waals surface area contributed by atoms with Crippen molar-refractivity contribution in [3.63, 3.8) is 0 Å². The van der Waals surface area contributed by atoms with Crippen molar-refractivity contribution in [1.29, 1.82) is 0 Å². The number of allylic oxidation sites excluding steroid dienone is 1. The van der Waals surface area contributed by atoms with Crippen molar-refractivity contribution in [2.24, 2.45) is 45.3 Å². The van der Waals surface area contributed by atoms with Gasteiger partial charge in [-0.2, -0.15) is 0 Å². The molecule has 450 valence electrons. The van der Waals surface area contributed by atoms with E-state index in [1.807, 2.05) is 13.8 Å². The maximum absolute atomic E-state index is 15.2. The van der Waals surface area contributed by atoms with Gasteiger partial charge in [0.05, 0.1) is 44.2 Å². The lowest BCUT2D eigenvalue weighted by Crippen LogP contribution is -2.64. The summed E-state index contributed by atoms with van der Waals surface area (Å²) < 4.78 is 46.8. The molecule has 4 aliphatic carbocycles. The molecular formula is C54H90O24. The molecule has 7 fully saturated rings. The highest BCUT2D eigenvalue weighted by molar-refractivity contribution is 5.88. The largest absolute Gasteiger partial charge is 0.394 e. The van der Waals surface area contributed by atoms with Gasteiger partial charge in [0.2, 0.25) is 0 Å². The first kappa shape index (κ1) is 62.5. The molecular weight excluding hydrogens is 1030 g/mol. The molecule has 4 heterocycles. The molecule has 4 saturated heterocycles. The van der Waals surface area contributed by atoms with Gasteiger partial charge in [-0.05, 0) is 93.3 Å². The molecule has 24 nitrogen and oxygen atoms in total. The number of ether oxygens (including phenoxy) is 8. The van der Waals surface area contributed by atoms with Crippen molar-refractivity contribution in [2.75, 3.05) is 26.4 Å². The van der Waals surface area contributed by atoms with E-state index in [1.54, 1.807) is 13.8 Å². The van der Waals surface area contributed by atoms with E-state index in [4.69, 9.17) is 37.9 Å². The van der Waals surface area contributed by atoms with Gasteiger partial charge in [-0.25, -0.2) is 0 Å². The van der Waals surface area contributed by atoms with E-state index < -0.39 is 183 Å². The highest BCUT2D eigenvalue weighted by atomic mass is 16.7. The maximum atomic E-state index is 15.2. The number of rotatable bonds is 17. The van der Waals surface area contributed by atoms with Crippen molar-refractivity contribution >= 4 is 5.78 Å². The van der Waals surface area contributed by atoms with Crippen LogP contribution >= 0.6 is 0 Å². The fraction of sp³-hybridized carbons (Fsp3) is 0.944. The molecule has 29 atom stereocenters. The SMILES string of the molecule is C[C@H](CC[C@@H](O[C@@H]1O[C@H](CO[C@@H]2O[C@H](CO)[C@@H](O)[C@H](O)[C@H]2O)[C@@H](O)[C@H](O)[C@H]1O)C(C)(C)O)C1CC[C@@]2(C)C3CC=C4C(CC[C@H](O[C@@H]5O[C@H](CO[C@@H]6O[C@H](CO)[C@@H](O)[C@H](O)[C@H]6O)[C@@H](O)[C@H](O)[C@H]5O)C4(C)C)C3(C)C(=O)C[C@]12C. The van der Waals surface area contributed by atoms with E-state index in [0.717, 1.165) is 18.4 Å². The maximum Gasteiger partial charge on any atom is 0.187 e. The van der Waals surface area contributed by atoms with E-state index in [9.17, 15) is 76.6 Å². The van der Waals surface area contributed by atoms with Crippen molar-refractivity contribution in [1.82, 2.24) is 0 Å². The van der Waals surface area contributed by atoms with Gasteiger partial charge >= 0.3 is 0 Å². The van der Waals surface area contributed by atoms with E-state index in [2.05, 4.69) is 33.8 Å². The molecule has 0 bridgehead atoms. The first-order chi connectivity index (χ1) is 36.4. The molecule has 15 N–H and O–H groups in total. The number of carbonyl (C=O) groups is 1. The predicted molar refractivity (Wildman–Crippen MR) is 267 cm³/mol. The highest BCUT2D eigenvalue weighted by Crippen LogP contribution is 2.74. The number of carbonyl (C=O) groups excluding carboxylic acids is 1. The normalized spacial score (nSPS) is 50.5. The number of aliphatic hydroxyl groups is 15. The molecule has 0 aromatic heterocycles. The Morgan fingerprint density at radius 2 is 1.06 bits per heavy atom. The molecule has 4 aliphatic heterocycles. The first-order valence-electron chi connectivity index (χ1n) is 27.9. The quantitative estimate of drug-likeness (QED) is 0.0645. The lowest BCUT2D eigenvalue weighted by Gasteiger charge is -2.65. The fourth-order valence-corrected chi connectivity index (χ4v) is 15.3. The number of hydrogen-bond donors (Lipinski definition) is 15. The number of Topliss-reactive ketones (excluding diaryl/α,β-unsaturated/α-hetero) is 1. The summed E-state index contributed by atoms with van der Waals surface area (Å²) in [6.07, 6.45) is -26.3. The summed E-state index contributed by atoms with van der Waals surface area (Å²) in [5.41, 5.74) is -2.49. The van der Waals surface area contributed by atoms with Crippen LogP contribution < -0.4 is 0 Å². The summed E-state index contributed by atoms with van der Waals surface area (Å²) in [6, 6.07) is 0. The Labute approximate surface area is 454 Å². The summed E-state index contributed by atoms with van der Waals surface area (Å²) in [5.74, 6) is 0.195. The van der Waals surface area contributed by atoms with E-state index in [1.165, 1.54) is 0 Å². The number of hydrogen-bond acceptors (Lipinski definition) is 24. The van der Waals surface area contributed by atoms with E-state index in [-0.39, 0.29) is 41.3 Å². The summed E-state index contributed by atoms with van der Waals surface area (Å²) in [4.78, 5) is 15.2. The van der Waals surface area contributed by atoms with Crippen LogP contribution in [0.5, 0.6) is 0 Å². The number of ketones is 1. The Morgan fingerprint density at radius 1 is 0.603 bits per heavy atom. The van der Waals surface area contributed by atoms with Gasteiger partial charge in [-0.15, -0.1) is 0 Å². The van der Waals surface area contributed by atoms with Crippen molar-refractivity contribution in [3.05, 3.63) is 11.6 Å². The molecule has 78 heavy (non-hydrogen) atoms. The zero-order chi connectivity index (χ0) is 57.5. The molecule has 3 saturated carbocycles. The molecule has 8 aliphatic rings. The molecule has 0 radical (unpaired) electrons. The second-order valence-electron chi connectivity index (χ2n) is 25.7. The lowest BCUT2D eigenvalue weighted by atomic mass is 9.38. The Kier molecular flexibility index (Phi) is 18.8. The summed E-state index contributed by atoms with van der Waals surface area (Å²) in [6.45, 7) is 13.6. The minimum Gasteiger partial charge on any atom is -0.394 e. The van der Waals surface area contributed by atoms with Gasteiger partial charge in [0.15, 0.2) is 25.2 Å². The smallest absolute Gasteiger partial charge is 0.187 e. The third-order valence-electron chi connectivity index (χ3n) is 20.5. The van der Waals surface area contributed by atoms with Gasteiger partial charge in [0.1, 0.15) is 103 Å². The second kappa shape index (κ2) is 23.5. The molecule has 4 unspecified atom stereocenters. The predicted octanol–water partition coefficient (Wildman–Crippen LogP) is -3.02. The minimum absolute atomic E-state index is 0.00290. The topological polar surface area (TPSA) is 394 Å². The van der Waals surface area contributed by atoms with Crippen LogP contribution in [0.2, 0.25) is 0 Å². The molecule has 0 amide bonds. The second-order valence-corrected chi connectivity index (χ2v) is 25.7. The summed E-state index contributed by atoms with van der Waals surface area (Å²) >= 11 is 0. The van der Waals surface area contributed by atoms with Crippen LogP contribution in [0.25, 0.3) is 0 Å².